The minimum Gasteiger partial charge on any atom is -0.312 e. The molecule has 1 nitrogen and oxygen atoms in total. The molecule has 0 aliphatic heterocycles. The molecule has 0 spiro atoms. The van der Waals surface area contributed by atoms with Crippen molar-refractivity contribution in [3.8, 4) is 10.4 Å². The fourth-order valence-corrected chi connectivity index (χ4v) is 2.89. The van der Waals surface area contributed by atoms with E-state index in [1.54, 1.807) is 6.07 Å². The van der Waals surface area contributed by atoms with Crippen LogP contribution in [-0.2, 0) is 12.7 Å². The van der Waals surface area contributed by atoms with Crippen molar-refractivity contribution in [3.05, 3.63) is 46.6 Å². The Morgan fingerprint density at radius 3 is 2.57 bits per heavy atom. The summed E-state index contributed by atoms with van der Waals surface area (Å²) in [6.07, 6.45) is -3.66. The van der Waals surface area contributed by atoms with Gasteiger partial charge in [-0.2, -0.15) is 13.2 Å². The summed E-state index contributed by atoms with van der Waals surface area (Å²) in [7, 11) is 0. The first-order chi connectivity index (χ1) is 9.91. The van der Waals surface area contributed by atoms with Gasteiger partial charge in [0.25, 0.3) is 0 Å². The Bertz CT molecular complexity index is 604. The summed E-state index contributed by atoms with van der Waals surface area (Å²) in [5, 5.41) is 3.23. The second-order valence-electron chi connectivity index (χ2n) is 4.64. The summed E-state index contributed by atoms with van der Waals surface area (Å²) < 4.78 is 51.4. The van der Waals surface area contributed by atoms with E-state index in [0.717, 1.165) is 30.0 Å². The lowest BCUT2D eigenvalue weighted by Gasteiger charge is -2.09. The molecule has 6 heteroatoms. The highest BCUT2D eigenvalue weighted by Gasteiger charge is 2.34. The van der Waals surface area contributed by atoms with E-state index < -0.39 is 17.6 Å². The fraction of sp³-hybridized carbons (Fsp3) is 0.333. The Morgan fingerprint density at radius 2 is 1.90 bits per heavy atom. The van der Waals surface area contributed by atoms with Crippen molar-refractivity contribution >= 4 is 11.3 Å². The van der Waals surface area contributed by atoms with Gasteiger partial charge in [0.1, 0.15) is 5.82 Å². The molecular formula is C15H15F4NS. The number of nitrogens with one attached hydrogen (secondary N) is 1. The first-order valence-electron chi connectivity index (χ1n) is 6.58. The van der Waals surface area contributed by atoms with Crippen LogP contribution in [0.3, 0.4) is 0 Å². The van der Waals surface area contributed by atoms with Gasteiger partial charge >= 0.3 is 6.18 Å². The van der Waals surface area contributed by atoms with Gasteiger partial charge in [-0.1, -0.05) is 13.0 Å². The standard InChI is InChI=1S/C15H15F4NS/c1-2-7-20-9-11-4-6-14(21-11)10-3-5-13(16)12(8-10)15(17,18)19/h3-6,8,20H,2,7,9H2,1H3. The number of halogens is 4. The van der Waals surface area contributed by atoms with E-state index in [1.165, 1.54) is 17.4 Å². The maximum absolute atomic E-state index is 13.3. The molecule has 1 N–H and O–H groups in total. The molecule has 0 aliphatic rings. The molecule has 2 aromatic rings. The molecule has 1 heterocycles. The Kier molecular flexibility index (Phi) is 5.00. The number of thiophene rings is 1. The van der Waals surface area contributed by atoms with E-state index in [9.17, 15) is 17.6 Å². The molecule has 114 valence electrons. The zero-order valence-electron chi connectivity index (χ0n) is 11.4. The number of rotatable bonds is 5. The number of benzene rings is 1. The molecule has 1 aromatic carbocycles. The third-order valence-corrected chi connectivity index (χ3v) is 4.08. The van der Waals surface area contributed by atoms with Gasteiger partial charge in [-0.3, -0.25) is 0 Å². The van der Waals surface area contributed by atoms with E-state index >= 15 is 0 Å². The van der Waals surface area contributed by atoms with Crippen molar-refractivity contribution in [1.29, 1.82) is 0 Å². The highest BCUT2D eigenvalue weighted by molar-refractivity contribution is 7.15. The molecule has 0 amide bonds. The van der Waals surface area contributed by atoms with Crippen LogP contribution in [0.1, 0.15) is 23.8 Å². The van der Waals surface area contributed by atoms with Gasteiger partial charge in [0.2, 0.25) is 0 Å². The lowest BCUT2D eigenvalue weighted by atomic mass is 10.1. The van der Waals surface area contributed by atoms with Crippen LogP contribution in [0.5, 0.6) is 0 Å². The number of alkyl halides is 3. The first kappa shape index (κ1) is 16.0. The van der Waals surface area contributed by atoms with E-state index in [0.29, 0.717) is 17.0 Å². The summed E-state index contributed by atoms with van der Waals surface area (Å²) in [6, 6.07) is 6.75. The topological polar surface area (TPSA) is 12.0 Å². The van der Waals surface area contributed by atoms with Gasteiger partial charge in [0.15, 0.2) is 0 Å². The van der Waals surface area contributed by atoms with Crippen molar-refractivity contribution in [2.24, 2.45) is 0 Å². The van der Waals surface area contributed by atoms with Crippen molar-refractivity contribution in [1.82, 2.24) is 5.32 Å². The van der Waals surface area contributed by atoms with Crippen molar-refractivity contribution in [2.45, 2.75) is 26.1 Å². The molecule has 0 radical (unpaired) electrons. The first-order valence-corrected chi connectivity index (χ1v) is 7.40. The van der Waals surface area contributed by atoms with Crippen molar-refractivity contribution < 1.29 is 17.6 Å². The summed E-state index contributed by atoms with van der Waals surface area (Å²) in [4.78, 5) is 1.74. The molecule has 0 fully saturated rings. The van der Waals surface area contributed by atoms with Gasteiger partial charge in [0.05, 0.1) is 5.56 Å². The molecule has 0 aliphatic carbocycles. The average Bonchev–Trinajstić information content (AvgIpc) is 2.87. The highest BCUT2D eigenvalue weighted by atomic mass is 32.1. The maximum atomic E-state index is 13.3. The molecule has 1 aromatic heterocycles. The molecule has 0 saturated heterocycles. The van der Waals surface area contributed by atoms with Gasteiger partial charge in [0, 0.05) is 16.3 Å². The Morgan fingerprint density at radius 1 is 1.14 bits per heavy atom. The van der Waals surface area contributed by atoms with Crippen LogP contribution in [0.2, 0.25) is 0 Å². The van der Waals surface area contributed by atoms with Gasteiger partial charge in [-0.25, -0.2) is 4.39 Å². The predicted molar refractivity (Wildman–Crippen MR) is 76.7 cm³/mol. The van der Waals surface area contributed by atoms with Crippen LogP contribution >= 0.6 is 11.3 Å². The van der Waals surface area contributed by atoms with Crippen LogP contribution < -0.4 is 5.32 Å². The normalized spacial score (nSPS) is 11.9. The molecule has 21 heavy (non-hydrogen) atoms. The lowest BCUT2D eigenvalue weighted by molar-refractivity contribution is -0.139. The molecular weight excluding hydrogens is 302 g/mol. The fourth-order valence-electron chi connectivity index (χ4n) is 1.91. The third-order valence-electron chi connectivity index (χ3n) is 2.94. The Labute approximate surface area is 124 Å². The molecule has 0 bridgehead atoms. The minimum absolute atomic E-state index is 0.385. The number of hydrogen-bond donors (Lipinski definition) is 1. The third kappa shape index (κ3) is 4.04. The van der Waals surface area contributed by atoms with E-state index in [1.807, 2.05) is 6.07 Å². The molecule has 0 saturated carbocycles. The zero-order chi connectivity index (χ0) is 15.5. The molecule has 0 unspecified atom stereocenters. The highest BCUT2D eigenvalue weighted by Crippen LogP contribution is 2.36. The Balaban J connectivity index is 2.22. The van der Waals surface area contributed by atoms with Gasteiger partial charge < -0.3 is 5.32 Å². The second-order valence-corrected chi connectivity index (χ2v) is 5.80. The second kappa shape index (κ2) is 6.58. The van der Waals surface area contributed by atoms with Crippen LogP contribution in [0.4, 0.5) is 17.6 Å². The van der Waals surface area contributed by atoms with Crippen LogP contribution in [-0.4, -0.2) is 6.54 Å². The van der Waals surface area contributed by atoms with Crippen LogP contribution in [0.15, 0.2) is 30.3 Å². The predicted octanol–water partition coefficient (Wildman–Crippen LogP) is 5.07. The SMILES string of the molecule is CCCNCc1ccc(-c2ccc(F)c(C(F)(F)F)c2)s1. The van der Waals surface area contributed by atoms with Crippen LogP contribution in [0, 0.1) is 5.82 Å². The van der Waals surface area contributed by atoms with Gasteiger partial charge in [-0.15, -0.1) is 11.3 Å². The van der Waals surface area contributed by atoms with E-state index in [2.05, 4.69) is 12.2 Å². The summed E-state index contributed by atoms with van der Waals surface area (Å²) in [6.45, 7) is 3.64. The van der Waals surface area contributed by atoms with E-state index in [-0.39, 0.29) is 0 Å². The quantitative estimate of drug-likeness (QED) is 0.599. The minimum atomic E-state index is -4.68. The summed E-state index contributed by atoms with van der Waals surface area (Å²) in [5.41, 5.74) is -0.838. The average molecular weight is 317 g/mol. The summed E-state index contributed by atoms with van der Waals surface area (Å²) in [5.74, 6) is -1.24. The molecule has 2 rings (SSSR count). The van der Waals surface area contributed by atoms with Crippen molar-refractivity contribution in [3.63, 3.8) is 0 Å². The lowest BCUT2D eigenvalue weighted by Crippen LogP contribution is -2.12. The maximum Gasteiger partial charge on any atom is 0.419 e. The Hall–Kier alpha value is -1.40. The molecule has 0 atom stereocenters. The number of hydrogen-bond acceptors (Lipinski definition) is 2. The largest absolute Gasteiger partial charge is 0.419 e. The van der Waals surface area contributed by atoms with E-state index in [4.69, 9.17) is 0 Å². The zero-order valence-corrected chi connectivity index (χ0v) is 12.2. The monoisotopic (exact) mass is 317 g/mol. The summed E-state index contributed by atoms with van der Waals surface area (Å²) >= 11 is 1.41. The smallest absolute Gasteiger partial charge is 0.312 e. The van der Waals surface area contributed by atoms with Crippen molar-refractivity contribution in [2.75, 3.05) is 6.54 Å². The van der Waals surface area contributed by atoms with Gasteiger partial charge in [-0.05, 0) is 42.8 Å². The van der Waals surface area contributed by atoms with Crippen LogP contribution in [0.25, 0.3) is 10.4 Å².